The molecule has 0 fully saturated rings. The summed E-state index contributed by atoms with van der Waals surface area (Å²) >= 11 is 0. The third kappa shape index (κ3) is 1.90. The van der Waals surface area contributed by atoms with E-state index in [4.69, 9.17) is 4.74 Å². The van der Waals surface area contributed by atoms with Crippen LogP contribution in [-0.2, 0) is 4.74 Å². The molecule has 14 heavy (non-hydrogen) atoms. The number of nitro groups is 1. The average molecular weight is 193 g/mol. The van der Waals surface area contributed by atoms with Gasteiger partial charge in [0.1, 0.15) is 5.76 Å². The monoisotopic (exact) mass is 193 g/mol. The second-order valence-electron chi connectivity index (χ2n) is 2.88. The normalized spacial score (nSPS) is 9.57. The van der Waals surface area contributed by atoms with Crippen molar-refractivity contribution in [3.05, 3.63) is 46.0 Å². The first-order valence-electron chi connectivity index (χ1n) is 4.04. The Morgan fingerprint density at radius 1 is 1.57 bits per heavy atom. The number of benzene rings is 1. The van der Waals surface area contributed by atoms with E-state index in [-0.39, 0.29) is 5.69 Å². The van der Waals surface area contributed by atoms with Gasteiger partial charge in [0.15, 0.2) is 0 Å². The maximum absolute atomic E-state index is 10.5. The van der Waals surface area contributed by atoms with E-state index in [1.807, 2.05) is 0 Å². The molecule has 1 aromatic rings. The summed E-state index contributed by atoms with van der Waals surface area (Å²) in [5.41, 5.74) is 1.65. The fourth-order valence-corrected chi connectivity index (χ4v) is 1.18. The fraction of sp³-hybridized carbons (Fsp3) is 0.200. The van der Waals surface area contributed by atoms with E-state index in [9.17, 15) is 10.1 Å². The molecule has 0 spiro atoms. The molecule has 0 amide bonds. The second-order valence-corrected chi connectivity index (χ2v) is 2.88. The molecule has 0 aliphatic rings. The van der Waals surface area contributed by atoms with Gasteiger partial charge in [-0.25, -0.2) is 0 Å². The summed E-state index contributed by atoms with van der Waals surface area (Å²) < 4.78 is 4.95. The summed E-state index contributed by atoms with van der Waals surface area (Å²) in [5, 5.41) is 10.5. The molecule has 0 saturated heterocycles. The number of methoxy groups -OCH3 is 1. The van der Waals surface area contributed by atoms with Gasteiger partial charge in [0.25, 0.3) is 5.69 Å². The van der Waals surface area contributed by atoms with Crippen LogP contribution >= 0.6 is 0 Å². The van der Waals surface area contributed by atoms with Crippen molar-refractivity contribution in [3.63, 3.8) is 0 Å². The lowest BCUT2D eigenvalue weighted by molar-refractivity contribution is -0.384. The number of hydrogen-bond acceptors (Lipinski definition) is 3. The molecule has 4 nitrogen and oxygen atoms in total. The Labute approximate surface area is 82.0 Å². The molecular formula is C10H11NO3. The lowest BCUT2D eigenvalue weighted by Gasteiger charge is -2.06. The van der Waals surface area contributed by atoms with Crippen molar-refractivity contribution < 1.29 is 9.66 Å². The Morgan fingerprint density at radius 2 is 2.21 bits per heavy atom. The lowest BCUT2D eigenvalue weighted by atomic mass is 10.1. The van der Waals surface area contributed by atoms with Gasteiger partial charge in [0.2, 0.25) is 0 Å². The van der Waals surface area contributed by atoms with Crippen LogP contribution in [0, 0.1) is 17.0 Å². The highest BCUT2D eigenvalue weighted by atomic mass is 16.6. The molecule has 0 bridgehead atoms. The van der Waals surface area contributed by atoms with E-state index in [0.29, 0.717) is 5.76 Å². The number of nitro benzene ring substituents is 1. The SMILES string of the molecule is C=C(OC)c1ccc([N+](=O)[O-])cc1C. The van der Waals surface area contributed by atoms with Crippen molar-refractivity contribution in [2.24, 2.45) is 0 Å². The highest BCUT2D eigenvalue weighted by Gasteiger charge is 2.09. The molecule has 0 N–H and O–H groups in total. The number of non-ortho nitro benzene ring substituents is 1. The van der Waals surface area contributed by atoms with E-state index in [0.717, 1.165) is 11.1 Å². The molecule has 1 rings (SSSR count). The quantitative estimate of drug-likeness (QED) is 0.421. The van der Waals surface area contributed by atoms with Crippen molar-refractivity contribution in [2.75, 3.05) is 7.11 Å². The van der Waals surface area contributed by atoms with Gasteiger partial charge in [-0.3, -0.25) is 10.1 Å². The minimum atomic E-state index is -0.424. The molecule has 0 aromatic heterocycles. The van der Waals surface area contributed by atoms with E-state index in [1.165, 1.54) is 19.2 Å². The first kappa shape index (κ1) is 10.2. The first-order chi connectivity index (χ1) is 6.56. The van der Waals surface area contributed by atoms with E-state index < -0.39 is 4.92 Å². The average Bonchev–Trinajstić information content (AvgIpc) is 2.16. The highest BCUT2D eigenvalue weighted by Crippen LogP contribution is 2.22. The highest BCUT2D eigenvalue weighted by molar-refractivity contribution is 5.62. The van der Waals surface area contributed by atoms with Gasteiger partial charge in [-0.15, -0.1) is 0 Å². The molecule has 0 heterocycles. The Bertz CT molecular complexity index is 385. The van der Waals surface area contributed by atoms with Gasteiger partial charge in [-0.05, 0) is 18.6 Å². The van der Waals surface area contributed by atoms with Crippen LogP contribution in [0.4, 0.5) is 5.69 Å². The van der Waals surface area contributed by atoms with E-state index >= 15 is 0 Å². The standard InChI is InChI=1S/C10H11NO3/c1-7-6-9(11(12)13)4-5-10(7)8(2)14-3/h4-6H,2H2,1,3H3. The molecule has 0 atom stereocenters. The Hall–Kier alpha value is -1.84. The van der Waals surface area contributed by atoms with Crippen LogP contribution in [0.15, 0.2) is 24.8 Å². The predicted octanol–water partition coefficient (Wildman–Crippen LogP) is 2.52. The van der Waals surface area contributed by atoms with Gasteiger partial charge >= 0.3 is 0 Å². The summed E-state index contributed by atoms with van der Waals surface area (Å²) in [7, 11) is 1.52. The molecule has 0 aliphatic carbocycles. The maximum Gasteiger partial charge on any atom is 0.269 e. The molecular weight excluding hydrogens is 182 g/mol. The molecule has 0 aliphatic heterocycles. The third-order valence-corrected chi connectivity index (χ3v) is 1.97. The zero-order chi connectivity index (χ0) is 10.7. The number of nitrogens with zero attached hydrogens (tertiary/aromatic N) is 1. The van der Waals surface area contributed by atoms with E-state index in [1.54, 1.807) is 13.0 Å². The molecule has 4 heteroatoms. The van der Waals surface area contributed by atoms with Crippen molar-refractivity contribution in [1.82, 2.24) is 0 Å². The number of rotatable bonds is 3. The number of hydrogen-bond donors (Lipinski definition) is 0. The Morgan fingerprint density at radius 3 is 2.64 bits per heavy atom. The summed E-state index contributed by atoms with van der Waals surface area (Å²) in [4.78, 5) is 10.0. The van der Waals surface area contributed by atoms with Gasteiger partial charge < -0.3 is 4.74 Å². The van der Waals surface area contributed by atoms with Crippen LogP contribution in [0.2, 0.25) is 0 Å². The largest absolute Gasteiger partial charge is 0.497 e. The van der Waals surface area contributed by atoms with Crippen LogP contribution in [-0.4, -0.2) is 12.0 Å². The van der Waals surface area contributed by atoms with Crippen molar-refractivity contribution >= 4 is 11.4 Å². The van der Waals surface area contributed by atoms with Crippen LogP contribution in [0.25, 0.3) is 5.76 Å². The Balaban J connectivity index is 3.14. The van der Waals surface area contributed by atoms with E-state index in [2.05, 4.69) is 6.58 Å². The fourth-order valence-electron chi connectivity index (χ4n) is 1.18. The predicted molar refractivity (Wildman–Crippen MR) is 53.9 cm³/mol. The van der Waals surface area contributed by atoms with Gasteiger partial charge in [-0.2, -0.15) is 0 Å². The topological polar surface area (TPSA) is 52.4 Å². The van der Waals surface area contributed by atoms with Crippen LogP contribution in [0.1, 0.15) is 11.1 Å². The third-order valence-electron chi connectivity index (χ3n) is 1.97. The molecule has 74 valence electrons. The number of aryl methyl sites for hydroxylation is 1. The first-order valence-corrected chi connectivity index (χ1v) is 4.04. The zero-order valence-corrected chi connectivity index (χ0v) is 8.11. The maximum atomic E-state index is 10.5. The molecule has 0 saturated carbocycles. The van der Waals surface area contributed by atoms with Crippen molar-refractivity contribution in [2.45, 2.75) is 6.92 Å². The summed E-state index contributed by atoms with van der Waals surface area (Å²) in [6, 6.07) is 4.57. The minimum Gasteiger partial charge on any atom is -0.497 e. The summed E-state index contributed by atoms with van der Waals surface area (Å²) in [6.07, 6.45) is 0. The minimum absolute atomic E-state index is 0.0788. The van der Waals surface area contributed by atoms with Crippen LogP contribution in [0.3, 0.4) is 0 Å². The van der Waals surface area contributed by atoms with Crippen molar-refractivity contribution in [3.8, 4) is 0 Å². The van der Waals surface area contributed by atoms with Crippen molar-refractivity contribution in [1.29, 1.82) is 0 Å². The molecule has 0 unspecified atom stereocenters. The van der Waals surface area contributed by atoms with Gasteiger partial charge in [0.05, 0.1) is 12.0 Å². The Kier molecular flexibility index (Phi) is 2.86. The van der Waals surface area contributed by atoms with Crippen LogP contribution in [0.5, 0.6) is 0 Å². The molecule has 0 radical (unpaired) electrons. The van der Waals surface area contributed by atoms with Gasteiger partial charge in [-0.1, -0.05) is 6.58 Å². The zero-order valence-electron chi connectivity index (χ0n) is 8.11. The molecule has 1 aromatic carbocycles. The van der Waals surface area contributed by atoms with Crippen LogP contribution < -0.4 is 0 Å². The summed E-state index contributed by atoms with van der Waals surface area (Å²) in [5.74, 6) is 0.511. The smallest absolute Gasteiger partial charge is 0.269 e. The van der Waals surface area contributed by atoms with Gasteiger partial charge in [0, 0.05) is 17.7 Å². The summed E-state index contributed by atoms with van der Waals surface area (Å²) in [6.45, 7) is 5.47. The lowest BCUT2D eigenvalue weighted by Crippen LogP contribution is -1.93. The number of ether oxygens (including phenoxy) is 1. The second kappa shape index (κ2) is 3.91.